The lowest BCUT2D eigenvalue weighted by molar-refractivity contribution is -0.188. The Morgan fingerprint density at radius 2 is 2.11 bits per heavy atom. The summed E-state index contributed by atoms with van der Waals surface area (Å²) < 4.78 is 40.1. The van der Waals surface area contributed by atoms with Crippen molar-refractivity contribution in [3.8, 4) is 0 Å². The first kappa shape index (κ1) is 14.7. The predicted molar refractivity (Wildman–Crippen MR) is 53.8 cm³/mol. The number of hydrogen-bond donors (Lipinski definition) is 1. The number of carboxylic acids is 1. The maximum absolute atomic E-state index is 11.9. The van der Waals surface area contributed by atoms with Crippen molar-refractivity contribution in [3.63, 3.8) is 0 Å². The number of halogens is 3. The van der Waals surface area contributed by atoms with Crippen LogP contribution in [-0.4, -0.2) is 53.9 Å². The number of likely N-dealkylation sites (tertiary alicyclic amines) is 1. The van der Waals surface area contributed by atoms with Gasteiger partial charge in [0.2, 0.25) is 0 Å². The van der Waals surface area contributed by atoms with Crippen LogP contribution in [0.5, 0.6) is 0 Å². The van der Waals surface area contributed by atoms with Gasteiger partial charge in [-0.25, -0.2) is 0 Å². The molecule has 1 fully saturated rings. The number of hydrogen-bond acceptors (Lipinski definition) is 3. The van der Waals surface area contributed by atoms with E-state index in [-0.39, 0.29) is 13.1 Å². The molecule has 0 aromatic rings. The minimum Gasteiger partial charge on any atom is -0.481 e. The van der Waals surface area contributed by atoms with Crippen LogP contribution in [0.2, 0.25) is 0 Å². The molecule has 104 valence electrons. The maximum atomic E-state index is 11.9. The summed E-state index contributed by atoms with van der Waals surface area (Å²) in [5.41, 5.74) is 0. The number of ether oxygens (including phenoxy) is 1. The predicted octanol–water partition coefficient (Wildman–Crippen LogP) is 0.887. The molecular weight excluding hydrogens is 255 g/mol. The van der Waals surface area contributed by atoms with Crippen LogP contribution >= 0.6 is 0 Å². The fourth-order valence-electron chi connectivity index (χ4n) is 1.71. The van der Waals surface area contributed by atoms with Gasteiger partial charge in [-0.05, 0) is 13.3 Å². The lowest BCUT2D eigenvalue weighted by Gasteiger charge is -2.21. The van der Waals surface area contributed by atoms with Gasteiger partial charge in [0.25, 0.3) is 5.91 Å². The Bertz CT molecular complexity index is 332. The highest BCUT2D eigenvalue weighted by atomic mass is 19.4. The van der Waals surface area contributed by atoms with Gasteiger partial charge in [-0.15, -0.1) is 0 Å². The van der Waals surface area contributed by atoms with E-state index in [0.29, 0.717) is 6.42 Å². The molecule has 8 heteroatoms. The van der Waals surface area contributed by atoms with Gasteiger partial charge in [0, 0.05) is 13.1 Å². The molecule has 0 aromatic carbocycles. The van der Waals surface area contributed by atoms with Crippen molar-refractivity contribution in [1.82, 2.24) is 4.90 Å². The normalized spacial score (nSPS) is 22.0. The van der Waals surface area contributed by atoms with Gasteiger partial charge < -0.3 is 14.7 Å². The molecule has 2 atom stereocenters. The van der Waals surface area contributed by atoms with E-state index in [0.717, 1.165) is 0 Å². The number of nitrogens with zero attached hydrogens (tertiary/aromatic N) is 1. The molecule has 1 N–H and O–H groups in total. The topological polar surface area (TPSA) is 66.8 Å². The van der Waals surface area contributed by atoms with Crippen LogP contribution in [0.15, 0.2) is 0 Å². The molecule has 0 spiro atoms. The molecule has 1 saturated heterocycles. The lowest BCUT2D eigenvalue weighted by atomic mass is 10.1. The van der Waals surface area contributed by atoms with Crippen LogP contribution in [0.4, 0.5) is 13.2 Å². The summed E-state index contributed by atoms with van der Waals surface area (Å²) >= 11 is 0. The number of aliphatic carboxylic acids is 1. The summed E-state index contributed by atoms with van der Waals surface area (Å²) in [6.07, 6.45) is -5.39. The maximum Gasteiger partial charge on any atom is 0.411 e. The number of carbonyl (C=O) groups is 2. The van der Waals surface area contributed by atoms with Gasteiger partial charge >= 0.3 is 12.1 Å². The fourth-order valence-corrected chi connectivity index (χ4v) is 1.71. The van der Waals surface area contributed by atoms with E-state index in [1.54, 1.807) is 0 Å². The monoisotopic (exact) mass is 269 g/mol. The minimum atomic E-state index is -4.48. The van der Waals surface area contributed by atoms with Gasteiger partial charge in [-0.2, -0.15) is 13.2 Å². The Morgan fingerprint density at radius 1 is 1.50 bits per heavy atom. The number of alkyl halides is 3. The summed E-state index contributed by atoms with van der Waals surface area (Å²) in [6, 6.07) is 0. The summed E-state index contributed by atoms with van der Waals surface area (Å²) in [6.45, 7) is -0.0122. The Kier molecular flexibility index (Phi) is 4.55. The van der Waals surface area contributed by atoms with Gasteiger partial charge in [0.05, 0.1) is 5.92 Å². The average molecular weight is 269 g/mol. The van der Waals surface area contributed by atoms with Crippen molar-refractivity contribution in [3.05, 3.63) is 0 Å². The molecule has 1 amide bonds. The van der Waals surface area contributed by atoms with Gasteiger partial charge in [-0.3, -0.25) is 9.59 Å². The average Bonchev–Trinajstić information content (AvgIpc) is 2.73. The van der Waals surface area contributed by atoms with Crippen molar-refractivity contribution in [2.75, 3.05) is 19.7 Å². The van der Waals surface area contributed by atoms with Gasteiger partial charge in [-0.1, -0.05) is 0 Å². The highest BCUT2D eigenvalue weighted by Crippen LogP contribution is 2.19. The molecule has 0 aliphatic carbocycles. The van der Waals surface area contributed by atoms with Crippen molar-refractivity contribution in [1.29, 1.82) is 0 Å². The first-order valence-corrected chi connectivity index (χ1v) is 5.40. The van der Waals surface area contributed by atoms with E-state index in [4.69, 9.17) is 5.11 Å². The van der Waals surface area contributed by atoms with Crippen LogP contribution in [0.1, 0.15) is 13.3 Å². The summed E-state index contributed by atoms with van der Waals surface area (Å²) in [5, 5.41) is 8.74. The quantitative estimate of drug-likeness (QED) is 0.823. The van der Waals surface area contributed by atoms with Crippen LogP contribution in [-0.2, 0) is 14.3 Å². The molecule has 5 nitrogen and oxygen atoms in total. The third kappa shape index (κ3) is 4.17. The second kappa shape index (κ2) is 5.55. The fraction of sp³-hybridized carbons (Fsp3) is 0.800. The number of rotatable bonds is 4. The standard InChI is InChI=1S/C10H14F3NO4/c1-6(18-5-10(11,12)13)8(15)14-3-2-7(4-14)9(16)17/h6-7H,2-5H2,1H3,(H,16,17)/t6-,7-/m1/s1. The molecule has 1 aliphatic rings. The Hall–Kier alpha value is -1.31. The molecule has 0 radical (unpaired) electrons. The van der Waals surface area contributed by atoms with E-state index in [9.17, 15) is 22.8 Å². The van der Waals surface area contributed by atoms with Crippen LogP contribution in [0.25, 0.3) is 0 Å². The van der Waals surface area contributed by atoms with Crippen molar-refractivity contribution in [2.24, 2.45) is 5.92 Å². The number of carboxylic acid groups (broad SMARTS) is 1. The SMILES string of the molecule is C[C@@H](OCC(F)(F)F)C(=O)N1CC[C@@H](C(=O)O)C1. The van der Waals surface area contributed by atoms with Crippen molar-refractivity contribution < 1.29 is 32.6 Å². The Balaban J connectivity index is 2.43. The van der Waals surface area contributed by atoms with Crippen LogP contribution in [0.3, 0.4) is 0 Å². The molecule has 1 aliphatic heterocycles. The third-order valence-corrected chi connectivity index (χ3v) is 2.69. The lowest BCUT2D eigenvalue weighted by Crippen LogP contribution is -2.39. The van der Waals surface area contributed by atoms with Gasteiger partial charge in [0.1, 0.15) is 12.7 Å². The number of amides is 1. The number of carbonyl (C=O) groups excluding carboxylic acids is 1. The zero-order valence-electron chi connectivity index (χ0n) is 9.74. The van der Waals surface area contributed by atoms with Crippen LogP contribution in [0, 0.1) is 5.92 Å². The van der Waals surface area contributed by atoms with E-state index in [1.165, 1.54) is 11.8 Å². The first-order chi connectivity index (χ1) is 8.20. The van der Waals surface area contributed by atoms with E-state index in [1.807, 2.05) is 0 Å². The zero-order chi connectivity index (χ0) is 13.9. The Morgan fingerprint density at radius 3 is 2.56 bits per heavy atom. The zero-order valence-corrected chi connectivity index (χ0v) is 9.74. The molecule has 1 heterocycles. The Labute approximate surface area is 102 Å². The molecule has 0 aromatic heterocycles. The van der Waals surface area contributed by atoms with E-state index in [2.05, 4.69) is 4.74 Å². The van der Waals surface area contributed by atoms with Crippen LogP contribution < -0.4 is 0 Å². The van der Waals surface area contributed by atoms with E-state index < -0.39 is 36.7 Å². The van der Waals surface area contributed by atoms with E-state index >= 15 is 0 Å². The second-order valence-corrected chi connectivity index (χ2v) is 4.18. The molecule has 0 saturated carbocycles. The first-order valence-electron chi connectivity index (χ1n) is 5.40. The smallest absolute Gasteiger partial charge is 0.411 e. The summed E-state index contributed by atoms with van der Waals surface area (Å²) in [7, 11) is 0. The van der Waals surface area contributed by atoms with Crippen molar-refractivity contribution >= 4 is 11.9 Å². The highest BCUT2D eigenvalue weighted by Gasteiger charge is 2.35. The molecule has 0 bridgehead atoms. The van der Waals surface area contributed by atoms with Gasteiger partial charge in [0.15, 0.2) is 0 Å². The minimum absolute atomic E-state index is 0.0217. The molecular formula is C10H14F3NO4. The van der Waals surface area contributed by atoms with Crippen molar-refractivity contribution in [2.45, 2.75) is 25.6 Å². The second-order valence-electron chi connectivity index (χ2n) is 4.18. The molecule has 0 unspecified atom stereocenters. The largest absolute Gasteiger partial charge is 0.481 e. The highest BCUT2D eigenvalue weighted by molar-refractivity contribution is 5.82. The third-order valence-electron chi connectivity index (χ3n) is 2.69. The summed E-state index contributed by atoms with van der Waals surface area (Å²) in [4.78, 5) is 23.6. The molecule has 1 rings (SSSR count). The summed E-state index contributed by atoms with van der Waals surface area (Å²) in [5.74, 6) is -2.26. The molecule has 18 heavy (non-hydrogen) atoms.